The van der Waals surface area contributed by atoms with Gasteiger partial charge in [0.2, 0.25) is 0 Å². The fourth-order valence-electron chi connectivity index (χ4n) is 3.17. The molecule has 0 atom stereocenters. The van der Waals surface area contributed by atoms with E-state index in [2.05, 4.69) is 79.4 Å². The number of carbonyl (C=O) groups is 1. The Morgan fingerprint density at radius 2 is 1.55 bits per heavy atom. The maximum Gasteiger partial charge on any atom is 0.370 e. The van der Waals surface area contributed by atoms with Crippen LogP contribution in [0.1, 0.15) is 12.8 Å². The van der Waals surface area contributed by atoms with Crippen LogP contribution >= 0.6 is 11.3 Å². The highest BCUT2D eigenvalue weighted by Gasteiger charge is 2.43. The summed E-state index contributed by atoms with van der Waals surface area (Å²) in [6, 6.07) is 25.9. The molecule has 4 rings (SSSR count). The molecule has 0 aliphatic carbocycles. The van der Waals surface area contributed by atoms with E-state index < -0.39 is 39.8 Å². The van der Waals surface area contributed by atoms with Crippen LogP contribution in [0, 0.1) is 0 Å². The van der Waals surface area contributed by atoms with E-state index in [4.69, 9.17) is 9.66 Å². The maximum atomic E-state index is 12.5. The van der Waals surface area contributed by atoms with Crippen LogP contribution in [-0.2, 0) is 14.9 Å². The van der Waals surface area contributed by atoms with Gasteiger partial charge in [-0.2, -0.15) is 17.2 Å². The summed E-state index contributed by atoms with van der Waals surface area (Å²) in [5.74, 6) is -1.49. The molecule has 2 N–H and O–H groups in total. The van der Waals surface area contributed by atoms with Crippen LogP contribution in [0.15, 0.2) is 84.9 Å². The highest BCUT2D eigenvalue weighted by atomic mass is 32.2. The number of carboxylic acids is 1. The van der Waals surface area contributed by atoms with Gasteiger partial charge in [0, 0.05) is 32.2 Å². The topological polar surface area (TPSA) is 91.7 Å². The number of aliphatic carboxylic acids is 1. The molecule has 3 aromatic carbocycles. The number of halogens is 2. The highest BCUT2D eigenvalue weighted by Crippen LogP contribution is 2.39. The van der Waals surface area contributed by atoms with Crippen LogP contribution in [0.2, 0.25) is 0 Å². The van der Waals surface area contributed by atoms with Crippen LogP contribution in [0.25, 0.3) is 31.3 Å². The van der Waals surface area contributed by atoms with Crippen molar-refractivity contribution < 1.29 is 31.7 Å². The SMILES string of the molecule is C=C(CCC(F)(F)S(=O)(=O)O)C(=O)O.c1ccc(-c2cccc3sc4ccccc4c23)cc1. The summed E-state index contributed by atoms with van der Waals surface area (Å²) in [5, 5.41) is 6.63. The minimum Gasteiger partial charge on any atom is -0.478 e. The van der Waals surface area contributed by atoms with Crippen molar-refractivity contribution in [1.29, 1.82) is 0 Å². The first-order valence-electron chi connectivity index (χ1n) is 9.73. The van der Waals surface area contributed by atoms with E-state index in [9.17, 15) is 22.0 Å². The Morgan fingerprint density at radius 1 is 0.939 bits per heavy atom. The van der Waals surface area contributed by atoms with E-state index in [-0.39, 0.29) is 0 Å². The lowest BCUT2D eigenvalue weighted by atomic mass is 10.00. The standard InChI is InChI=1S/C18H12S.C6H8F2O5S/c1-2-7-13(8-3-1)14-10-6-12-17-18(14)15-9-4-5-11-16(15)19-17;1-4(5(9)10)2-3-6(7,8)14(11,12)13/h1-12H;1-3H2,(H,9,10)(H,11,12,13). The molecule has 33 heavy (non-hydrogen) atoms. The van der Waals surface area contributed by atoms with Gasteiger partial charge in [-0.25, -0.2) is 4.79 Å². The summed E-state index contributed by atoms with van der Waals surface area (Å²) >= 11 is 1.87. The van der Waals surface area contributed by atoms with Crippen molar-refractivity contribution in [3.05, 3.63) is 84.9 Å². The van der Waals surface area contributed by atoms with E-state index in [1.807, 2.05) is 11.3 Å². The number of thiophene rings is 1. The van der Waals surface area contributed by atoms with Gasteiger partial charge in [-0.15, -0.1) is 11.3 Å². The third-order valence-corrected chi connectivity index (χ3v) is 6.98. The molecule has 4 aromatic rings. The zero-order chi connectivity index (χ0) is 24.2. The molecule has 0 aliphatic rings. The Kier molecular flexibility index (Phi) is 7.26. The fourth-order valence-corrected chi connectivity index (χ4v) is 4.66. The van der Waals surface area contributed by atoms with Gasteiger partial charge in [0.25, 0.3) is 0 Å². The average molecular weight is 491 g/mol. The van der Waals surface area contributed by atoms with Gasteiger partial charge in [-0.3, -0.25) is 4.55 Å². The Morgan fingerprint density at radius 3 is 2.18 bits per heavy atom. The first-order chi connectivity index (χ1) is 15.5. The minimum atomic E-state index is -5.49. The van der Waals surface area contributed by atoms with Crippen molar-refractivity contribution in [2.24, 2.45) is 0 Å². The Bertz CT molecular complexity index is 1410. The quantitative estimate of drug-likeness (QED) is 0.234. The molecule has 0 unspecified atom stereocenters. The highest BCUT2D eigenvalue weighted by molar-refractivity contribution is 7.86. The first kappa shape index (κ1) is 24.5. The van der Waals surface area contributed by atoms with E-state index in [0.717, 1.165) is 0 Å². The summed E-state index contributed by atoms with van der Waals surface area (Å²) in [7, 11) is -5.49. The summed E-state index contributed by atoms with van der Waals surface area (Å²) in [6.45, 7) is 2.93. The second kappa shape index (κ2) is 9.78. The van der Waals surface area contributed by atoms with Gasteiger partial charge in [-0.1, -0.05) is 67.2 Å². The Labute approximate surface area is 193 Å². The lowest BCUT2D eigenvalue weighted by molar-refractivity contribution is -0.132. The van der Waals surface area contributed by atoms with E-state index in [1.165, 1.54) is 31.3 Å². The molecule has 0 radical (unpaired) electrons. The predicted molar refractivity (Wildman–Crippen MR) is 127 cm³/mol. The Hall–Kier alpha value is -3.14. The van der Waals surface area contributed by atoms with Crippen molar-refractivity contribution in [2.75, 3.05) is 0 Å². The van der Waals surface area contributed by atoms with E-state index in [1.54, 1.807) is 0 Å². The normalized spacial score (nSPS) is 11.7. The smallest absolute Gasteiger partial charge is 0.370 e. The third-order valence-electron chi connectivity index (χ3n) is 4.89. The first-order valence-corrected chi connectivity index (χ1v) is 12.0. The average Bonchev–Trinajstić information content (AvgIpc) is 3.16. The molecule has 0 fully saturated rings. The van der Waals surface area contributed by atoms with Crippen LogP contribution in [-0.4, -0.2) is 29.3 Å². The number of hydrogen-bond acceptors (Lipinski definition) is 4. The fraction of sp³-hybridized carbons (Fsp3) is 0.125. The largest absolute Gasteiger partial charge is 0.478 e. The van der Waals surface area contributed by atoms with Crippen molar-refractivity contribution in [1.82, 2.24) is 0 Å². The number of rotatable bonds is 6. The molecule has 0 bridgehead atoms. The number of alkyl halides is 2. The second-order valence-electron chi connectivity index (χ2n) is 7.16. The monoisotopic (exact) mass is 490 g/mol. The second-order valence-corrected chi connectivity index (χ2v) is 9.80. The molecule has 0 saturated carbocycles. The van der Waals surface area contributed by atoms with Crippen LogP contribution < -0.4 is 0 Å². The van der Waals surface area contributed by atoms with Crippen molar-refractivity contribution in [3.63, 3.8) is 0 Å². The zero-order valence-electron chi connectivity index (χ0n) is 17.2. The van der Waals surface area contributed by atoms with Crippen LogP contribution in [0.4, 0.5) is 8.78 Å². The number of hydrogen-bond donors (Lipinski definition) is 2. The molecule has 0 saturated heterocycles. The minimum absolute atomic E-state index is 0.548. The van der Waals surface area contributed by atoms with Crippen molar-refractivity contribution in [3.8, 4) is 11.1 Å². The van der Waals surface area contributed by atoms with Gasteiger partial charge in [0.15, 0.2) is 0 Å². The molecule has 1 aromatic heterocycles. The Balaban J connectivity index is 0.000000197. The zero-order valence-corrected chi connectivity index (χ0v) is 18.9. The van der Waals surface area contributed by atoms with Crippen LogP contribution in [0.3, 0.4) is 0 Å². The van der Waals surface area contributed by atoms with Gasteiger partial charge < -0.3 is 5.11 Å². The molecule has 1 heterocycles. The number of fused-ring (bicyclic) bond motifs is 3. The van der Waals surface area contributed by atoms with Crippen molar-refractivity contribution >= 4 is 47.6 Å². The van der Waals surface area contributed by atoms with Gasteiger partial charge in [0.1, 0.15) is 0 Å². The van der Waals surface area contributed by atoms with Gasteiger partial charge in [-0.05, 0) is 29.7 Å². The lowest BCUT2D eigenvalue weighted by Crippen LogP contribution is -2.28. The molecular weight excluding hydrogens is 470 g/mol. The van der Waals surface area contributed by atoms with E-state index >= 15 is 0 Å². The summed E-state index contributed by atoms with van der Waals surface area (Å²) < 4.78 is 55.9. The number of benzene rings is 3. The molecule has 0 amide bonds. The van der Waals surface area contributed by atoms with Crippen LogP contribution in [0.5, 0.6) is 0 Å². The predicted octanol–water partition coefficient (Wildman–Crippen LogP) is 6.61. The molecular formula is C24H20F2O5S2. The van der Waals surface area contributed by atoms with E-state index in [0.29, 0.717) is 0 Å². The molecule has 9 heteroatoms. The molecule has 0 aliphatic heterocycles. The van der Waals surface area contributed by atoms with Gasteiger partial charge in [0.05, 0.1) is 0 Å². The molecule has 5 nitrogen and oxygen atoms in total. The summed E-state index contributed by atoms with van der Waals surface area (Å²) in [4.78, 5) is 10.1. The molecule has 0 spiro atoms. The third kappa shape index (κ3) is 5.62. The van der Waals surface area contributed by atoms with Gasteiger partial charge >= 0.3 is 21.3 Å². The summed E-state index contributed by atoms with van der Waals surface area (Å²) in [5.41, 5.74) is 2.07. The maximum absolute atomic E-state index is 12.5. The lowest BCUT2D eigenvalue weighted by Gasteiger charge is -2.11. The molecule has 172 valence electrons. The number of carboxylic acid groups (broad SMARTS) is 1. The summed E-state index contributed by atoms with van der Waals surface area (Å²) in [6.07, 6.45) is -2.03. The van der Waals surface area contributed by atoms with Crippen molar-refractivity contribution in [2.45, 2.75) is 18.1 Å².